The van der Waals surface area contributed by atoms with Crippen LogP contribution in [-0.4, -0.2) is 9.78 Å². The zero-order valence-corrected chi connectivity index (χ0v) is 13.0. The largest absolute Gasteiger partial charge is 0.436 e. The summed E-state index contributed by atoms with van der Waals surface area (Å²) in [7, 11) is 0. The van der Waals surface area contributed by atoms with Crippen molar-refractivity contribution in [3.8, 4) is 17.1 Å². The quantitative estimate of drug-likeness (QED) is 0.557. The Kier molecular flexibility index (Phi) is 3.05. The summed E-state index contributed by atoms with van der Waals surface area (Å²) in [6.07, 6.45) is 0. The first-order chi connectivity index (χ1) is 11.1. The number of fused-ring (bicyclic) bond motifs is 2. The molecule has 0 saturated carbocycles. The average Bonchev–Trinajstić information content (AvgIpc) is 2.89. The highest BCUT2D eigenvalue weighted by Crippen LogP contribution is 2.25. The van der Waals surface area contributed by atoms with Gasteiger partial charge in [0.05, 0.1) is 5.69 Å². The maximum Gasteiger partial charge on any atom is 0.284 e. The van der Waals surface area contributed by atoms with Gasteiger partial charge in [0, 0.05) is 5.39 Å². The predicted octanol–water partition coefficient (Wildman–Crippen LogP) is 4.21. The maximum atomic E-state index is 12.6. The van der Waals surface area contributed by atoms with Gasteiger partial charge in [-0.2, -0.15) is 4.68 Å². The van der Waals surface area contributed by atoms with E-state index in [1.54, 1.807) is 0 Å². The van der Waals surface area contributed by atoms with Crippen molar-refractivity contribution in [1.82, 2.24) is 9.78 Å². The first kappa shape index (κ1) is 13.8. The molecule has 114 valence electrons. The molecule has 4 nitrogen and oxygen atoms in total. The summed E-state index contributed by atoms with van der Waals surface area (Å²) >= 11 is 0. The summed E-state index contributed by atoms with van der Waals surface area (Å²) in [5, 5.41) is 5.24. The molecule has 2 aliphatic rings. The third kappa shape index (κ3) is 2.23. The van der Waals surface area contributed by atoms with Gasteiger partial charge in [0.15, 0.2) is 0 Å². The van der Waals surface area contributed by atoms with Crippen molar-refractivity contribution in [2.45, 2.75) is 19.8 Å². The van der Waals surface area contributed by atoms with Crippen LogP contribution in [-0.2, 0) is 0 Å². The smallest absolute Gasteiger partial charge is 0.284 e. The molecule has 2 heterocycles. The summed E-state index contributed by atoms with van der Waals surface area (Å²) in [6.45, 7) is 4.28. The maximum absolute atomic E-state index is 12.6. The van der Waals surface area contributed by atoms with E-state index in [0.29, 0.717) is 17.4 Å². The first-order valence-electron chi connectivity index (χ1n) is 7.65. The molecule has 0 radical (unpaired) electrons. The van der Waals surface area contributed by atoms with Gasteiger partial charge in [-0.3, -0.25) is 4.79 Å². The van der Waals surface area contributed by atoms with Gasteiger partial charge in [-0.1, -0.05) is 44.2 Å². The molecule has 0 atom stereocenters. The summed E-state index contributed by atoms with van der Waals surface area (Å²) in [6, 6.07) is 17.3. The molecule has 0 fully saturated rings. The molecule has 0 amide bonds. The van der Waals surface area contributed by atoms with E-state index in [0.717, 1.165) is 16.7 Å². The third-order valence-electron chi connectivity index (χ3n) is 4.07. The predicted molar refractivity (Wildman–Crippen MR) is 90.3 cm³/mol. The molecule has 2 aliphatic heterocycles. The zero-order chi connectivity index (χ0) is 16.0. The van der Waals surface area contributed by atoms with E-state index in [1.807, 2.05) is 54.6 Å². The van der Waals surface area contributed by atoms with Crippen molar-refractivity contribution in [2.75, 3.05) is 0 Å². The van der Waals surface area contributed by atoms with Crippen LogP contribution >= 0.6 is 0 Å². The van der Waals surface area contributed by atoms with Gasteiger partial charge < -0.3 is 4.42 Å². The Morgan fingerprint density at radius 1 is 1.04 bits per heavy atom. The van der Waals surface area contributed by atoms with Crippen LogP contribution in [0.1, 0.15) is 25.3 Å². The number of hydrogen-bond donors (Lipinski definition) is 0. The lowest BCUT2D eigenvalue weighted by Gasteiger charge is -2.05. The monoisotopic (exact) mass is 304 g/mol. The molecule has 4 heteroatoms. The zero-order valence-electron chi connectivity index (χ0n) is 13.0. The minimum atomic E-state index is -0.160. The average molecular weight is 304 g/mol. The molecule has 0 spiro atoms. The fraction of sp³-hybridized carbons (Fsp3) is 0.158. The lowest BCUT2D eigenvalue weighted by atomic mass is 10.0. The lowest BCUT2D eigenvalue weighted by molar-refractivity contribution is 0.591. The van der Waals surface area contributed by atoms with Crippen LogP contribution in [0.4, 0.5) is 0 Å². The van der Waals surface area contributed by atoms with Crippen molar-refractivity contribution in [2.24, 2.45) is 0 Å². The topological polar surface area (TPSA) is 48.0 Å². The second-order valence-corrected chi connectivity index (χ2v) is 5.97. The minimum Gasteiger partial charge on any atom is -0.436 e. The summed E-state index contributed by atoms with van der Waals surface area (Å²) < 4.78 is 7.16. The highest BCUT2D eigenvalue weighted by atomic mass is 16.3. The third-order valence-corrected chi connectivity index (χ3v) is 4.07. The number of hydrogen-bond acceptors (Lipinski definition) is 3. The van der Waals surface area contributed by atoms with E-state index < -0.39 is 0 Å². The van der Waals surface area contributed by atoms with Gasteiger partial charge in [-0.05, 0) is 35.7 Å². The van der Waals surface area contributed by atoms with Crippen molar-refractivity contribution in [3.63, 3.8) is 0 Å². The van der Waals surface area contributed by atoms with Crippen molar-refractivity contribution in [3.05, 3.63) is 70.5 Å². The van der Waals surface area contributed by atoms with E-state index >= 15 is 0 Å². The molecule has 23 heavy (non-hydrogen) atoms. The van der Waals surface area contributed by atoms with Crippen LogP contribution in [0.5, 0.6) is 0 Å². The minimum absolute atomic E-state index is 0.160. The Balaban J connectivity index is 1.90. The molecule has 0 aliphatic carbocycles. The van der Waals surface area contributed by atoms with Gasteiger partial charge in [-0.15, -0.1) is 5.10 Å². The molecule has 0 unspecified atom stereocenters. The Hall–Kier alpha value is -2.88. The van der Waals surface area contributed by atoms with Gasteiger partial charge in [0.25, 0.3) is 5.56 Å². The van der Waals surface area contributed by atoms with E-state index in [9.17, 15) is 4.79 Å². The Morgan fingerprint density at radius 2 is 1.78 bits per heavy atom. The van der Waals surface area contributed by atoms with Gasteiger partial charge >= 0.3 is 0 Å². The fourth-order valence-electron chi connectivity index (χ4n) is 2.72. The molecule has 0 saturated heterocycles. The standard InChI is InChI=1S/C19H16N2O2/c1-12(2)13-7-9-15(10-8-13)21-19(22)16-11-14-5-3-4-6-17(14)23-18(16)20-21/h3-12H,1-2H3. The molecule has 0 N–H and O–H groups in total. The highest BCUT2D eigenvalue weighted by molar-refractivity contribution is 5.81. The lowest BCUT2D eigenvalue weighted by Crippen LogP contribution is -2.14. The van der Waals surface area contributed by atoms with Crippen LogP contribution in [0.25, 0.3) is 28.1 Å². The normalized spacial score (nSPS) is 11.6. The Labute approximate surface area is 133 Å². The highest BCUT2D eigenvalue weighted by Gasteiger charge is 2.19. The van der Waals surface area contributed by atoms with Crippen LogP contribution < -0.4 is 5.56 Å². The molecule has 0 bridgehead atoms. The van der Waals surface area contributed by atoms with Crippen LogP contribution in [0.3, 0.4) is 0 Å². The summed E-state index contributed by atoms with van der Waals surface area (Å²) in [5.41, 5.74) is 3.03. The van der Waals surface area contributed by atoms with Gasteiger partial charge in [0.1, 0.15) is 11.1 Å². The van der Waals surface area contributed by atoms with Crippen molar-refractivity contribution in [1.29, 1.82) is 0 Å². The van der Waals surface area contributed by atoms with E-state index in [2.05, 4.69) is 18.9 Å². The fourth-order valence-corrected chi connectivity index (χ4v) is 2.72. The number of nitrogens with zero attached hydrogens (tertiary/aromatic N) is 2. The Bertz CT molecular complexity index is 1010. The molecule has 4 rings (SSSR count). The molecule has 0 aromatic heterocycles. The Morgan fingerprint density at radius 3 is 2.52 bits per heavy atom. The first-order valence-corrected chi connectivity index (χ1v) is 7.65. The SMILES string of the molecule is CC(C)c1ccc(-n2nc3oc4ccccc4cc-3c2=O)cc1. The van der Waals surface area contributed by atoms with Crippen molar-refractivity contribution >= 4 is 11.0 Å². The summed E-state index contributed by atoms with van der Waals surface area (Å²) in [5.74, 6) is 0.814. The number of benzene rings is 2. The number of para-hydroxylation sites is 1. The molecule has 2 aromatic rings. The van der Waals surface area contributed by atoms with Gasteiger partial charge in [0.2, 0.25) is 5.89 Å². The number of rotatable bonds is 2. The van der Waals surface area contributed by atoms with Crippen LogP contribution in [0.2, 0.25) is 0 Å². The molecular weight excluding hydrogens is 288 g/mol. The van der Waals surface area contributed by atoms with Gasteiger partial charge in [-0.25, -0.2) is 0 Å². The second kappa shape index (κ2) is 5.09. The van der Waals surface area contributed by atoms with Crippen molar-refractivity contribution < 1.29 is 4.42 Å². The second-order valence-electron chi connectivity index (χ2n) is 5.97. The number of aromatic nitrogens is 2. The van der Waals surface area contributed by atoms with Crippen LogP contribution in [0, 0.1) is 0 Å². The van der Waals surface area contributed by atoms with E-state index in [-0.39, 0.29) is 5.56 Å². The molecular formula is C19H16N2O2. The van der Waals surface area contributed by atoms with E-state index in [4.69, 9.17) is 4.42 Å². The molecule has 2 aromatic carbocycles. The van der Waals surface area contributed by atoms with E-state index in [1.165, 1.54) is 10.2 Å². The summed E-state index contributed by atoms with van der Waals surface area (Å²) in [4.78, 5) is 12.6. The van der Waals surface area contributed by atoms with Crippen LogP contribution in [0.15, 0.2) is 63.8 Å².